The molecule has 0 aromatic carbocycles. The molecule has 1 aromatic heterocycles. The van der Waals surface area contributed by atoms with Crippen LogP contribution in [0.25, 0.3) is 0 Å². The number of hydrogen-bond acceptors (Lipinski definition) is 5. The molecule has 0 radical (unpaired) electrons. The second-order valence-corrected chi connectivity index (χ2v) is 5.68. The number of nitrogen functional groups attached to an aromatic ring is 1. The fourth-order valence-electron chi connectivity index (χ4n) is 2.78. The summed E-state index contributed by atoms with van der Waals surface area (Å²) in [4.78, 5) is 2.55. The standard InChI is InChI=1S/C11H18N4S/c1-7-10(12)14-16-11(7)13-9-6-15-4-2-8(9)3-5-15/h8-9,13H,2-6H2,1H3,(H2,12,14). The van der Waals surface area contributed by atoms with Crippen molar-refractivity contribution >= 4 is 22.4 Å². The van der Waals surface area contributed by atoms with E-state index in [-0.39, 0.29) is 0 Å². The number of aromatic nitrogens is 1. The normalized spacial score (nSPS) is 32.9. The number of fused-ring (bicyclic) bond motifs is 3. The van der Waals surface area contributed by atoms with Crippen LogP contribution >= 0.6 is 11.5 Å². The molecule has 4 rings (SSSR count). The van der Waals surface area contributed by atoms with Gasteiger partial charge in [0.2, 0.25) is 0 Å². The zero-order chi connectivity index (χ0) is 11.1. The van der Waals surface area contributed by atoms with Gasteiger partial charge >= 0.3 is 0 Å². The Bertz CT molecular complexity index is 381. The van der Waals surface area contributed by atoms with Crippen molar-refractivity contribution in [3.8, 4) is 0 Å². The molecule has 1 atom stereocenters. The van der Waals surface area contributed by atoms with Gasteiger partial charge in [-0.15, -0.1) is 0 Å². The third-order valence-corrected chi connectivity index (χ3v) is 4.83. The molecule has 0 amide bonds. The molecule has 3 saturated heterocycles. The van der Waals surface area contributed by atoms with Gasteiger partial charge in [-0.3, -0.25) is 0 Å². The number of hydrogen-bond donors (Lipinski definition) is 2. The summed E-state index contributed by atoms with van der Waals surface area (Å²) in [6, 6.07) is 0.598. The predicted octanol–water partition coefficient (Wildman–Crippen LogP) is 1.54. The maximum Gasteiger partial charge on any atom is 0.142 e. The molecule has 4 nitrogen and oxygen atoms in total. The van der Waals surface area contributed by atoms with E-state index in [0.717, 1.165) is 16.5 Å². The zero-order valence-corrected chi connectivity index (χ0v) is 10.4. The Labute approximate surface area is 100.0 Å². The third-order valence-electron chi connectivity index (χ3n) is 3.93. The highest BCUT2D eigenvalue weighted by Gasteiger charge is 2.34. The molecule has 3 aliphatic rings. The van der Waals surface area contributed by atoms with Gasteiger partial charge in [-0.2, -0.15) is 4.37 Å². The van der Waals surface area contributed by atoms with Crippen LogP contribution in [-0.2, 0) is 0 Å². The van der Waals surface area contributed by atoms with Crippen molar-refractivity contribution in [3.05, 3.63) is 5.56 Å². The second kappa shape index (κ2) is 3.89. The van der Waals surface area contributed by atoms with E-state index in [9.17, 15) is 0 Å². The summed E-state index contributed by atoms with van der Waals surface area (Å²) >= 11 is 1.49. The van der Waals surface area contributed by atoms with Crippen molar-refractivity contribution in [3.63, 3.8) is 0 Å². The molecule has 2 bridgehead atoms. The van der Waals surface area contributed by atoms with E-state index in [1.165, 1.54) is 44.0 Å². The summed E-state index contributed by atoms with van der Waals surface area (Å²) < 4.78 is 4.19. The molecule has 3 aliphatic heterocycles. The van der Waals surface area contributed by atoms with Crippen LogP contribution in [-0.4, -0.2) is 34.9 Å². The van der Waals surface area contributed by atoms with Gasteiger partial charge in [-0.1, -0.05) is 0 Å². The quantitative estimate of drug-likeness (QED) is 0.820. The molecular formula is C11H18N4S. The molecule has 4 heterocycles. The molecule has 16 heavy (non-hydrogen) atoms. The Morgan fingerprint density at radius 3 is 2.69 bits per heavy atom. The number of nitrogens with zero attached hydrogens (tertiary/aromatic N) is 2. The molecule has 3 N–H and O–H groups in total. The van der Waals surface area contributed by atoms with E-state index in [0.29, 0.717) is 11.9 Å². The minimum Gasteiger partial charge on any atom is -0.383 e. The van der Waals surface area contributed by atoms with Gasteiger partial charge in [0.15, 0.2) is 0 Å². The van der Waals surface area contributed by atoms with Crippen LogP contribution in [0, 0.1) is 12.8 Å². The van der Waals surface area contributed by atoms with Crippen molar-refractivity contribution < 1.29 is 0 Å². The first kappa shape index (κ1) is 10.4. The van der Waals surface area contributed by atoms with Gasteiger partial charge < -0.3 is 16.0 Å². The maximum atomic E-state index is 5.77. The van der Waals surface area contributed by atoms with E-state index in [1.807, 2.05) is 6.92 Å². The van der Waals surface area contributed by atoms with Crippen LogP contribution in [0.2, 0.25) is 0 Å². The number of nitrogens with two attached hydrogens (primary N) is 1. The number of nitrogens with one attached hydrogen (secondary N) is 1. The van der Waals surface area contributed by atoms with Gasteiger partial charge in [0, 0.05) is 18.2 Å². The highest BCUT2D eigenvalue weighted by atomic mass is 32.1. The number of piperidine rings is 3. The molecule has 0 aliphatic carbocycles. The summed E-state index contributed by atoms with van der Waals surface area (Å²) in [5.74, 6) is 1.52. The average molecular weight is 238 g/mol. The van der Waals surface area contributed by atoms with Crippen molar-refractivity contribution in [2.45, 2.75) is 25.8 Å². The topological polar surface area (TPSA) is 54.2 Å². The number of anilines is 2. The van der Waals surface area contributed by atoms with Crippen LogP contribution in [0.4, 0.5) is 10.8 Å². The average Bonchev–Trinajstić information content (AvgIpc) is 2.63. The zero-order valence-electron chi connectivity index (χ0n) is 9.57. The fraction of sp³-hybridized carbons (Fsp3) is 0.727. The Hall–Kier alpha value is -0.810. The Morgan fingerprint density at radius 1 is 1.44 bits per heavy atom. The maximum absolute atomic E-state index is 5.77. The van der Waals surface area contributed by atoms with Gasteiger partial charge in [0.1, 0.15) is 10.8 Å². The number of rotatable bonds is 2. The monoisotopic (exact) mass is 238 g/mol. The molecule has 1 unspecified atom stereocenters. The predicted molar refractivity (Wildman–Crippen MR) is 67.8 cm³/mol. The lowest BCUT2D eigenvalue weighted by Gasteiger charge is -2.45. The lowest BCUT2D eigenvalue weighted by molar-refractivity contribution is 0.0976. The minimum absolute atomic E-state index is 0.598. The summed E-state index contributed by atoms with van der Waals surface area (Å²) in [6.45, 7) is 5.80. The van der Waals surface area contributed by atoms with Gasteiger partial charge in [-0.05, 0) is 50.3 Å². The highest BCUT2D eigenvalue weighted by Crippen LogP contribution is 2.33. The van der Waals surface area contributed by atoms with Crippen molar-refractivity contribution in [1.29, 1.82) is 0 Å². The molecule has 5 heteroatoms. The van der Waals surface area contributed by atoms with Gasteiger partial charge in [0.25, 0.3) is 0 Å². The van der Waals surface area contributed by atoms with Crippen LogP contribution in [0.1, 0.15) is 18.4 Å². The SMILES string of the molecule is Cc1c(N)nsc1NC1CN2CCC1CC2. The first-order valence-corrected chi connectivity index (χ1v) is 6.72. The summed E-state index contributed by atoms with van der Waals surface area (Å²) in [5.41, 5.74) is 6.88. The lowest BCUT2D eigenvalue weighted by Crippen LogP contribution is -2.53. The Balaban J connectivity index is 1.73. The highest BCUT2D eigenvalue weighted by molar-refractivity contribution is 7.10. The minimum atomic E-state index is 0.598. The third kappa shape index (κ3) is 1.68. The second-order valence-electron chi connectivity index (χ2n) is 4.91. The van der Waals surface area contributed by atoms with E-state index in [1.54, 1.807) is 0 Å². The Kier molecular flexibility index (Phi) is 2.52. The van der Waals surface area contributed by atoms with E-state index >= 15 is 0 Å². The lowest BCUT2D eigenvalue weighted by atomic mass is 9.84. The first-order chi connectivity index (χ1) is 7.74. The molecular weight excluding hydrogens is 220 g/mol. The first-order valence-electron chi connectivity index (χ1n) is 5.94. The van der Waals surface area contributed by atoms with Gasteiger partial charge in [-0.25, -0.2) is 0 Å². The molecule has 0 spiro atoms. The molecule has 3 fully saturated rings. The van der Waals surface area contributed by atoms with Crippen LogP contribution < -0.4 is 11.1 Å². The van der Waals surface area contributed by atoms with Crippen LogP contribution in [0.5, 0.6) is 0 Å². The van der Waals surface area contributed by atoms with Crippen molar-refractivity contribution in [2.75, 3.05) is 30.7 Å². The smallest absolute Gasteiger partial charge is 0.142 e. The van der Waals surface area contributed by atoms with E-state index in [2.05, 4.69) is 14.6 Å². The summed E-state index contributed by atoms with van der Waals surface area (Å²) in [5, 5.41) is 4.80. The fourth-order valence-corrected chi connectivity index (χ4v) is 3.55. The molecule has 88 valence electrons. The summed E-state index contributed by atoms with van der Waals surface area (Å²) in [6.07, 6.45) is 2.68. The van der Waals surface area contributed by atoms with Crippen LogP contribution in [0.3, 0.4) is 0 Å². The molecule has 1 aromatic rings. The Morgan fingerprint density at radius 2 is 2.19 bits per heavy atom. The van der Waals surface area contributed by atoms with Gasteiger partial charge in [0.05, 0.1) is 0 Å². The van der Waals surface area contributed by atoms with E-state index in [4.69, 9.17) is 5.73 Å². The van der Waals surface area contributed by atoms with Crippen molar-refractivity contribution in [1.82, 2.24) is 9.27 Å². The van der Waals surface area contributed by atoms with Crippen molar-refractivity contribution in [2.24, 2.45) is 5.92 Å². The molecule has 0 saturated carbocycles. The largest absolute Gasteiger partial charge is 0.383 e. The summed E-state index contributed by atoms with van der Waals surface area (Å²) in [7, 11) is 0. The van der Waals surface area contributed by atoms with E-state index < -0.39 is 0 Å². The van der Waals surface area contributed by atoms with Crippen LogP contribution in [0.15, 0.2) is 0 Å².